The standard InChI is InChI=1S/C21H18N4O4S2/c1-14-5-3-4-6-16(14)13-29-18-9-7-15(8-10-18)11-17(12-22)19(26)23-20-24-21(25-30-20)31(2,27)28/h3-11H,13H2,1-2H3,(H,23,24,25,26)/b17-11-. The Balaban J connectivity index is 1.66. The number of ether oxygens (including phenoxy) is 1. The SMILES string of the molecule is Cc1ccccc1COc1ccc(/C=C(/C#N)C(=O)Nc2nc(S(C)(=O)=O)ns2)cc1. The number of carbonyl (C=O) groups is 1. The van der Waals surface area contributed by atoms with E-state index in [9.17, 15) is 18.5 Å². The van der Waals surface area contributed by atoms with Crippen LogP contribution in [-0.2, 0) is 21.2 Å². The quantitative estimate of drug-likeness (QED) is 0.429. The van der Waals surface area contributed by atoms with Crippen LogP contribution in [0.5, 0.6) is 5.75 Å². The molecule has 0 atom stereocenters. The van der Waals surface area contributed by atoms with Gasteiger partial charge in [0.1, 0.15) is 24.0 Å². The van der Waals surface area contributed by atoms with E-state index < -0.39 is 15.7 Å². The molecule has 1 heterocycles. The molecule has 2 aromatic carbocycles. The summed E-state index contributed by atoms with van der Waals surface area (Å²) in [5.74, 6) is -0.0518. The number of nitrogens with one attached hydrogen (secondary N) is 1. The van der Waals surface area contributed by atoms with E-state index in [1.54, 1.807) is 24.3 Å². The van der Waals surface area contributed by atoms with Crippen LogP contribution in [0.2, 0.25) is 0 Å². The highest BCUT2D eigenvalue weighted by Gasteiger charge is 2.17. The van der Waals surface area contributed by atoms with Crippen molar-refractivity contribution in [1.29, 1.82) is 5.26 Å². The van der Waals surface area contributed by atoms with Crippen LogP contribution in [0.3, 0.4) is 0 Å². The van der Waals surface area contributed by atoms with Gasteiger partial charge in [-0.1, -0.05) is 36.4 Å². The molecule has 1 aromatic heterocycles. The highest BCUT2D eigenvalue weighted by molar-refractivity contribution is 7.90. The number of aryl methyl sites for hydroxylation is 1. The summed E-state index contributed by atoms with van der Waals surface area (Å²) in [6.45, 7) is 2.45. The van der Waals surface area contributed by atoms with Gasteiger partial charge in [-0.3, -0.25) is 10.1 Å². The monoisotopic (exact) mass is 454 g/mol. The first-order valence-corrected chi connectivity index (χ1v) is 11.7. The van der Waals surface area contributed by atoms with Gasteiger partial charge in [0.2, 0.25) is 15.0 Å². The summed E-state index contributed by atoms with van der Waals surface area (Å²) in [6, 6.07) is 16.7. The molecular formula is C21H18N4O4S2. The summed E-state index contributed by atoms with van der Waals surface area (Å²) in [5.41, 5.74) is 2.70. The number of nitrogens with zero attached hydrogens (tertiary/aromatic N) is 3. The maximum atomic E-state index is 12.3. The Morgan fingerprint density at radius 1 is 1.23 bits per heavy atom. The number of aromatic nitrogens is 2. The van der Waals surface area contributed by atoms with Crippen molar-refractivity contribution in [3.63, 3.8) is 0 Å². The summed E-state index contributed by atoms with van der Waals surface area (Å²) >= 11 is 0.720. The van der Waals surface area contributed by atoms with Crippen LogP contribution in [0, 0.1) is 18.3 Å². The first-order valence-electron chi connectivity index (χ1n) is 9.00. The van der Waals surface area contributed by atoms with Crippen molar-refractivity contribution in [3.8, 4) is 11.8 Å². The van der Waals surface area contributed by atoms with Crippen molar-refractivity contribution < 1.29 is 17.9 Å². The molecule has 0 aliphatic carbocycles. The molecule has 0 saturated heterocycles. The zero-order valence-electron chi connectivity index (χ0n) is 16.7. The van der Waals surface area contributed by atoms with Crippen molar-refractivity contribution in [2.45, 2.75) is 18.7 Å². The first-order chi connectivity index (χ1) is 14.8. The van der Waals surface area contributed by atoms with Gasteiger partial charge in [-0.25, -0.2) is 8.42 Å². The fourth-order valence-electron chi connectivity index (χ4n) is 2.48. The molecule has 0 aliphatic heterocycles. The van der Waals surface area contributed by atoms with Gasteiger partial charge in [0.15, 0.2) is 0 Å². The van der Waals surface area contributed by atoms with Gasteiger partial charge in [0.05, 0.1) is 0 Å². The number of hydrogen-bond acceptors (Lipinski definition) is 8. The second-order valence-corrected chi connectivity index (χ2v) is 9.22. The van der Waals surface area contributed by atoms with Gasteiger partial charge in [0.25, 0.3) is 11.1 Å². The lowest BCUT2D eigenvalue weighted by molar-refractivity contribution is -0.112. The fourth-order valence-corrected chi connectivity index (χ4v) is 3.92. The molecule has 0 aliphatic rings. The lowest BCUT2D eigenvalue weighted by Gasteiger charge is -2.08. The van der Waals surface area contributed by atoms with E-state index in [4.69, 9.17) is 4.74 Å². The van der Waals surface area contributed by atoms with E-state index in [-0.39, 0.29) is 15.9 Å². The minimum absolute atomic E-state index is 0.00784. The summed E-state index contributed by atoms with van der Waals surface area (Å²) in [5, 5.41) is 11.3. The molecule has 1 N–H and O–H groups in total. The van der Waals surface area contributed by atoms with Crippen LogP contribution in [-0.4, -0.2) is 29.9 Å². The Morgan fingerprint density at radius 3 is 2.55 bits per heavy atom. The minimum atomic E-state index is -3.58. The third kappa shape index (κ3) is 5.97. The van der Waals surface area contributed by atoms with Gasteiger partial charge in [-0.2, -0.15) is 14.6 Å². The topological polar surface area (TPSA) is 122 Å². The van der Waals surface area contributed by atoms with Crippen molar-refractivity contribution in [1.82, 2.24) is 9.36 Å². The van der Waals surface area contributed by atoms with E-state index in [0.717, 1.165) is 28.9 Å². The van der Waals surface area contributed by atoms with Crippen LogP contribution < -0.4 is 10.1 Å². The first kappa shape index (κ1) is 22.1. The van der Waals surface area contributed by atoms with Crippen LogP contribution in [0.25, 0.3) is 6.08 Å². The van der Waals surface area contributed by atoms with Crippen molar-refractivity contribution in [2.24, 2.45) is 0 Å². The molecule has 0 spiro atoms. The van der Waals surface area contributed by atoms with Gasteiger partial charge < -0.3 is 4.74 Å². The second kappa shape index (κ2) is 9.51. The second-order valence-electron chi connectivity index (χ2n) is 6.56. The van der Waals surface area contributed by atoms with Crippen LogP contribution in [0.4, 0.5) is 5.13 Å². The van der Waals surface area contributed by atoms with Crippen LogP contribution >= 0.6 is 11.5 Å². The lowest BCUT2D eigenvalue weighted by atomic mass is 10.1. The highest BCUT2D eigenvalue weighted by atomic mass is 32.2. The zero-order valence-corrected chi connectivity index (χ0v) is 18.3. The average Bonchev–Trinajstić information content (AvgIpc) is 3.21. The largest absolute Gasteiger partial charge is 0.489 e. The molecule has 3 aromatic rings. The summed E-state index contributed by atoms with van der Waals surface area (Å²) < 4.78 is 32.3. The van der Waals surface area contributed by atoms with Crippen molar-refractivity contribution >= 4 is 38.5 Å². The predicted molar refractivity (Wildman–Crippen MR) is 117 cm³/mol. The Hall–Kier alpha value is -3.55. The molecule has 0 unspecified atom stereocenters. The Bertz CT molecular complexity index is 1270. The lowest BCUT2D eigenvalue weighted by Crippen LogP contribution is -2.13. The molecule has 10 heteroatoms. The fraction of sp³-hybridized carbons (Fsp3) is 0.143. The number of nitriles is 1. The third-order valence-corrected chi connectivity index (χ3v) is 5.76. The Kier molecular flexibility index (Phi) is 6.79. The molecule has 0 saturated carbocycles. The number of carbonyl (C=O) groups excluding carboxylic acids is 1. The molecule has 31 heavy (non-hydrogen) atoms. The number of benzene rings is 2. The van der Waals surface area contributed by atoms with E-state index in [1.165, 1.54) is 6.08 Å². The van der Waals surface area contributed by atoms with Gasteiger partial charge in [-0.15, -0.1) is 0 Å². The molecule has 3 rings (SSSR count). The van der Waals surface area contributed by atoms with E-state index in [2.05, 4.69) is 14.7 Å². The number of amides is 1. The van der Waals surface area contributed by atoms with Crippen LogP contribution in [0.1, 0.15) is 16.7 Å². The molecule has 0 bridgehead atoms. The number of rotatable bonds is 7. The molecule has 0 radical (unpaired) electrons. The summed E-state index contributed by atoms with van der Waals surface area (Å²) in [6.07, 6.45) is 2.38. The Labute approximate surface area is 183 Å². The number of sulfone groups is 1. The average molecular weight is 455 g/mol. The number of anilines is 1. The van der Waals surface area contributed by atoms with Gasteiger partial charge >= 0.3 is 0 Å². The molecule has 1 amide bonds. The maximum absolute atomic E-state index is 12.3. The molecular weight excluding hydrogens is 436 g/mol. The third-order valence-electron chi connectivity index (χ3n) is 4.17. The van der Waals surface area contributed by atoms with E-state index in [0.29, 0.717) is 17.9 Å². The van der Waals surface area contributed by atoms with Crippen LogP contribution in [0.15, 0.2) is 59.3 Å². The predicted octanol–water partition coefficient (Wildman–Crippen LogP) is 3.37. The molecule has 8 nitrogen and oxygen atoms in total. The zero-order chi connectivity index (χ0) is 22.4. The normalized spacial score (nSPS) is 11.6. The Morgan fingerprint density at radius 2 is 1.94 bits per heavy atom. The summed E-state index contributed by atoms with van der Waals surface area (Å²) in [7, 11) is -3.58. The number of hydrogen-bond donors (Lipinski definition) is 1. The summed E-state index contributed by atoms with van der Waals surface area (Å²) in [4.78, 5) is 16.1. The molecule has 0 fully saturated rings. The van der Waals surface area contributed by atoms with Crippen molar-refractivity contribution in [3.05, 3.63) is 70.8 Å². The van der Waals surface area contributed by atoms with Crippen molar-refractivity contribution in [2.75, 3.05) is 11.6 Å². The van der Waals surface area contributed by atoms with E-state index >= 15 is 0 Å². The van der Waals surface area contributed by atoms with Gasteiger partial charge in [-0.05, 0) is 41.8 Å². The smallest absolute Gasteiger partial charge is 0.268 e. The minimum Gasteiger partial charge on any atom is -0.489 e. The molecule has 158 valence electrons. The highest BCUT2D eigenvalue weighted by Crippen LogP contribution is 2.19. The van der Waals surface area contributed by atoms with E-state index in [1.807, 2.05) is 37.3 Å². The van der Waals surface area contributed by atoms with Gasteiger partial charge in [0, 0.05) is 17.8 Å². The maximum Gasteiger partial charge on any atom is 0.268 e.